The second-order valence-electron chi connectivity index (χ2n) is 3.74. The summed E-state index contributed by atoms with van der Waals surface area (Å²) in [7, 11) is 0. The topological polar surface area (TPSA) is 39.2 Å². The van der Waals surface area contributed by atoms with Gasteiger partial charge in [0.2, 0.25) is 0 Å². The largest absolute Gasteiger partial charge is 0.465 e. The van der Waals surface area contributed by atoms with Gasteiger partial charge in [0.05, 0.1) is 6.26 Å². The molecule has 1 saturated carbocycles. The monoisotopic (exact) mass is 177 g/mol. The van der Waals surface area contributed by atoms with E-state index < -0.39 is 0 Å². The highest BCUT2D eigenvalue weighted by Crippen LogP contribution is 2.43. The maximum atomic E-state index is 5.58. The minimum absolute atomic E-state index is 0.704. The van der Waals surface area contributed by atoms with Crippen LogP contribution in [-0.4, -0.2) is 6.54 Å². The van der Waals surface area contributed by atoms with Crippen molar-refractivity contribution in [2.75, 3.05) is 6.54 Å². The zero-order chi connectivity index (χ0) is 9.26. The summed E-state index contributed by atoms with van der Waals surface area (Å²) in [6.07, 6.45) is 5.06. The van der Waals surface area contributed by atoms with Gasteiger partial charge in [-0.2, -0.15) is 0 Å². The Morgan fingerprint density at radius 2 is 2.62 bits per heavy atom. The molecule has 1 aromatic heterocycles. The summed E-state index contributed by atoms with van der Waals surface area (Å²) in [5, 5.41) is 0. The fourth-order valence-corrected chi connectivity index (χ4v) is 1.77. The molecular formula is C11H15NO. The molecule has 2 nitrogen and oxygen atoms in total. The van der Waals surface area contributed by atoms with Crippen molar-refractivity contribution >= 4 is 6.08 Å². The van der Waals surface area contributed by atoms with Gasteiger partial charge in [0.1, 0.15) is 5.76 Å². The lowest BCUT2D eigenvalue weighted by molar-refractivity contribution is 0.556. The van der Waals surface area contributed by atoms with E-state index in [1.807, 2.05) is 12.1 Å². The van der Waals surface area contributed by atoms with Crippen molar-refractivity contribution < 1.29 is 4.42 Å². The molecule has 1 aromatic rings. The molecule has 0 radical (unpaired) electrons. The fourth-order valence-electron chi connectivity index (χ4n) is 1.77. The highest BCUT2D eigenvalue weighted by atomic mass is 16.3. The van der Waals surface area contributed by atoms with E-state index in [1.54, 1.807) is 6.26 Å². The second-order valence-corrected chi connectivity index (χ2v) is 3.74. The van der Waals surface area contributed by atoms with E-state index in [2.05, 4.69) is 13.0 Å². The Morgan fingerprint density at radius 3 is 3.15 bits per heavy atom. The molecule has 70 valence electrons. The zero-order valence-electron chi connectivity index (χ0n) is 7.86. The van der Waals surface area contributed by atoms with Crippen LogP contribution in [-0.2, 0) is 0 Å². The van der Waals surface area contributed by atoms with Gasteiger partial charge in [-0.1, -0.05) is 5.57 Å². The SMILES string of the molecule is C/C(=C/c1ccco1)C1CC1CN. The van der Waals surface area contributed by atoms with Crippen LogP contribution in [0.1, 0.15) is 19.1 Å². The molecule has 1 heterocycles. The summed E-state index contributed by atoms with van der Waals surface area (Å²) >= 11 is 0. The number of rotatable bonds is 3. The molecule has 1 aliphatic carbocycles. The molecule has 0 bridgehead atoms. The van der Waals surface area contributed by atoms with Gasteiger partial charge < -0.3 is 10.2 Å². The number of hydrogen-bond donors (Lipinski definition) is 1. The molecule has 0 spiro atoms. The molecule has 2 atom stereocenters. The Balaban J connectivity index is 2.02. The number of hydrogen-bond acceptors (Lipinski definition) is 2. The highest BCUT2D eigenvalue weighted by molar-refractivity contribution is 5.48. The normalized spacial score (nSPS) is 27.7. The molecule has 1 fully saturated rings. The third kappa shape index (κ3) is 1.83. The van der Waals surface area contributed by atoms with Crippen molar-refractivity contribution in [2.24, 2.45) is 17.6 Å². The van der Waals surface area contributed by atoms with E-state index in [9.17, 15) is 0 Å². The van der Waals surface area contributed by atoms with Gasteiger partial charge in [-0.3, -0.25) is 0 Å². The molecule has 2 unspecified atom stereocenters. The maximum absolute atomic E-state index is 5.58. The molecule has 2 N–H and O–H groups in total. The van der Waals surface area contributed by atoms with Gasteiger partial charge in [0.15, 0.2) is 0 Å². The molecular weight excluding hydrogens is 162 g/mol. The van der Waals surface area contributed by atoms with Crippen LogP contribution >= 0.6 is 0 Å². The Kier molecular flexibility index (Phi) is 2.23. The van der Waals surface area contributed by atoms with Crippen molar-refractivity contribution in [3.8, 4) is 0 Å². The molecule has 2 rings (SSSR count). The minimum atomic E-state index is 0.704. The van der Waals surface area contributed by atoms with Crippen LogP contribution in [0.15, 0.2) is 28.4 Å². The summed E-state index contributed by atoms with van der Waals surface area (Å²) in [6.45, 7) is 2.97. The molecule has 0 aromatic carbocycles. The lowest BCUT2D eigenvalue weighted by atomic mass is 10.1. The van der Waals surface area contributed by atoms with Crippen molar-refractivity contribution in [2.45, 2.75) is 13.3 Å². The summed E-state index contributed by atoms with van der Waals surface area (Å²) in [6, 6.07) is 3.88. The van der Waals surface area contributed by atoms with Crippen LogP contribution in [0.2, 0.25) is 0 Å². The summed E-state index contributed by atoms with van der Waals surface area (Å²) in [5.41, 5.74) is 6.98. The first-order valence-corrected chi connectivity index (χ1v) is 4.73. The molecule has 0 saturated heterocycles. The van der Waals surface area contributed by atoms with Crippen LogP contribution in [0.25, 0.3) is 6.08 Å². The fraction of sp³-hybridized carbons (Fsp3) is 0.455. The number of furan rings is 1. The summed E-state index contributed by atoms with van der Waals surface area (Å²) in [5.74, 6) is 2.36. The first kappa shape index (κ1) is 8.57. The van der Waals surface area contributed by atoms with Crippen LogP contribution in [0.5, 0.6) is 0 Å². The van der Waals surface area contributed by atoms with Crippen molar-refractivity contribution in [3.63, 3.8) is 0 Å². The summed E-state index contributed by atoms with van der Waals surface area (Å²) in [4.78, 5) is 0. The molecule has 1 aliphatic rings. The van der Waals surface area contributed by atoms with Crippen molar-refractivity contribution in [1.82, 2.24) is 0 Å². The first-order valence-electron chi connectivity index (χ1n) is 4.73. The van der Waals surface area contributed by atoms with Crippen LogP contribution < -0.4 is 5.73 Å². The van der Waals surface area contributed by atoms with Gasteiger partial charge in [-0.05, 0) is 49.9 Å². The standard InChI is InChI=1S/C11H15NO/c1-8(11-6-9(11)7-12)5-10-3-2-4-13-10/h2-5,9,11H,6-7,12H2,1H3/b8-5-. The van der Waals surface area contributed by atoms with Gasteiger partial charge in [0, 0.05) is 0 Å². The van der Waals surface area contributed by atoms with Gasteiger partial charge in [0.25, 0.3) is 0 Å². The van der Waals surface area contributed by atoms with E-state index in [1.165, 1.54) is 12.0 Å². The third-order valence-corrected chi connectivity index (χ3v) is 2.72. The van der Waals surface area contributed by atoms with E-state index in [0.29, 0.717) is 11.8 Å². The molecule has 13 heavy (non-hydrogen) atoms. The van der Waals surface area contributed by atoms with Crippen LogP contribution in [0.3, 0.4) is 0 Å². The second kappa shape index (κ2) is 3.38. The van der Waals surface area contributed by atoms with Crippen LogP contribution in [0.4, 0.5) is 0 Å². The lowest BCUT2D eigenvalue weighted by Crippen LogP contribution is -2.02. The smallest absolute Gasteiger partial charge is 0.126 e. The van der Waals surface area contributed by atoms with Crippen molar-refractivity contribution in [3.05, 3.63) is 29.7 Å². The maximum Gasteiger partial charge on any atom is 0.126 e. The Labute approximate surface area is 78.4 Å². The Morgan fingerprint density at radius 1 is 1.77 bits per heavy atom. The first-order chi connectivity index (χ1) is 6.31. The zero-order valence-corrected chi connectivity index (χ0v) is 7.86. The lowest BCUT2D eigenvalue weighted by Gasteiger charge is -1.96. The van der Waals surface area contributed by atoms with Gasteiger partial charge in [-0.25, -0.2) is 0 Å². The third-order valence-electron chi connectivity index (χ3n) is 2.72. The highest BCUT2D eigenvalue weighted by Gasteiger charge is 2.36. The van der Waals surface area contributed by atoms with Crippen molar-refractivity contribution in [1.29, 1.82) is 0 Å². The molecule has 0 amide bonds. The molecule has 2 heteroatoms. The minimum Gasteiger partial charge on any atom is -0.465 e. The van der Waals surface area contributed by atoms with E-state index in [-0.39, 0.29) is 0 Å². The average Bonchev–Trinajstić information content (AvgIpc) is 2.77. The quantitative estimate of drug-likeness (QED) is 0.769. The van der Waals surface area contributed by atoms with E-state index in [0.717, 1.165) is 12.3 Å². The van der Waals surface area contributed by atoms with Gasteiger partial charge in [-0.15, -0.1) is 0 Å². The Bertz CT molecular complexity index is 300. The van der Waals surface area contributed by atoms with Gasteiger partial charge >= 0.3 is 0 Å². The van der Waals surface area contributed by atoms with Crippen LogP contribution in [0, 0.1) is 11.8 Å². The number of allylic oxidation sites excluding steroid dienone is 1. The van der Waals surface area contributed by atoms with E-state index in [4.69, 9.17) is 10.2 Å². The Hall–Kier alpha value is -1.02. The predicted octanol–water partition coefficient (Wildman–Crippen LogP) is 2.28. The van der Waals surface area contributed by atoms with E-state index >= 15 is 0 Å². The average molecular weight is 177 g/mol. The molecule has 0 aliphatic heterocycles. The predicted molar refractivity (Wildman–Crippen MR) is 53.0 cm³/mol. The number of nitrogens with two attached hydrogens (primary N) is 1. The summed E-state index contributed by atoms with van der Waals surface area (Å²) < 4.78 is 5.24.